The molecule has 2 heterocycles. The van der Waals surface area contributed by atoms with Gasteiger partial charge in [-0.2, -0.15) is 0 Å². The van der Waals surface area contributed by atoms with Crippen LogP contribution in [0.3, 0.4) is 0 Å². The first-order chi connectivity index (χ1) is 13.7. The van der Waals surface area contributed by atoms with Crippen LogP contribution < -0.4 is 15.0 Å². The van der Waals surface area contributed by atoms with Gasteiger partial charge in [-0.3, -0.25) is 0 Å². The predicted molar refractivity (Wildman–Crippen MR) is 114 cm³/mol. The molecular weight excluding hydrogens is 348 g/mol. The minimum atomic E-state index is 0.105. The molecule has 0 spiro atoms. The second kappa shape index (κ2) is 8.30. The molecule has 4 rings (SSSR count). The zero-order valence-corrected chi connectivity index (χ0v) is 16.4. The molecule has 0 unspecified atom stereocenters. The fraction of sp³-hybridized carbons (Fsp3) is 0.304. The summed E-state index contributed by atoms with van der Waals surface area (Å²) in [6.45, 7) is 6.14. The molecule has 1 fully saturated rings. The number of aromatic nitrogens is 2. The summed E-state index contributed by atoms with van der Waals surface area (Å²) in [4.78, 5) is 12.0. The first-order valence-corrected chi connectivity index (χ1v) is 9.91. The van der Waals surface area contributed by atoms with Crippen LogP contribution in [0.5, 0.6) is 5.75 Å². The van der Waals surface area contributed by atoms with Gasteiger partial charge in [0.2, 0.25) is 0 Å². The Labute approximate surface area is 166 Å². The van der Waals surface area contributed by atoms with Crippen LogP contribution >= 0.6 is 0 Å². The summed E-state index contributed by atoms with van der Waals surface area (Å²) in [6, 6.07) is 20.1. The monoisotopic (exact) mass is 374 g/mol. The van der Waals surface area contributed by atoms with Crippen molar-refractivity contribution < 1.29 is 4.74 Å². The average molecular weight is 374 g/mol. The van der Waals surface area contributed by atoms with E-state index in [1.165, 1.54) is 12.8 Å². The number of para-hydroxylation sites is 2. The number of hydrogen-bond acceptors (Lipinski definition) is 5. The van der Waals surface area contributed by atoms with Crippen molar-refractivity contribution in [1.82, 2.24) is 9.97 Å². The normalized spacial score (nSPS) is 13.8. The molecule has 1 aliphatic rings. The van der Waals surface area contributed by atoms with Crippen molar-refractivity contribution in [2.75, 3.05) is 23.3 Å². The summed E-state index contributed by atoms with van der Waals surface area (Å²) in [5, 5.41) is 3.45. The quantitative estimate of drug-likeness (QED) is 0.636. The summed E-state index contributed by atoms with van der Waals surface area (Å²) in [6.07, 6.45) is 2.52. The van der Waals surface area contributed by atoms with Crippen LogP contribution in [-0.4, -0.2) is 29.2 Å². The van der Waals surface area contributed by atoms with E-state index in [1.54, 1.807) is 0 Å². The smallest absolute Gasteiger partial charge is 0.163 e. The highest BCUT2D eigenvalue weighted by Gasteiger charge is 2.17. The highest BCUT2D eigenvalue weighted by Crippen LogP contribution is 2.30. The number of nitrogens with zero attached hydrogens (tertiary/aromatic N) is 3. The third-order valence-corrected chi connectivity index (χ3v) is 4.69. The maximum atomic E-state index is 5.95. The molecular formula is C23H26N4O. The van der Waals surface area contributed by atoms with Gasteiger partial charge in [-0.1, -0.05) is 42.5 Å². The second-order valence-corrected chi connectivity index (χ2v) is 7.28. The Morgan fingerprint density at radius 3 is 2.39 bits per heavy atom. The van der Waals surface area contributed by atoms with Crippen LogP contribution in [0, 0.1) is 0 Å². The van der Waals surface area contributed by atoms with Crippen LogP contribution in [0.1, 0.15) is 26.7 Å². The maximum Gasteiger partial charge on any atom is 0.163 e. The van der Waals surface area contributed by atoms with E-state index in [1.807, 2.05) is 74.5 Å². The zero-order valence-electron chi connectivity index (χ0n) is 16.4. The lowest BCUT2D eigenvalue weighted by Crippen LogP contribution is -2.19. The van der Waals surface area contributed by atoms with Gasteiger partial charge < -0.3 is 15.0 Å². The number of ether oxygens (including phenoxy) is 1. The van der Waals surface area contributed by atoms with Crippen molar-refractivity contribution in [3.8, 4) is 17.1 Å². The van der Waals surface area contributed by atoms with Gasteiger partial charge in [0.05, 0.1) is 11.8 Å². The van der Waals surface area contributed by atoms with Crippen molar-refractivity contribution in [2.24, 2.45) is 0 Å². The van der Waals surface area contributed by atoms with Crippen molar-refractivity contribution in [1.29, 1.82) is 0 Å². The van der Waals surface area contributed by atoms with Gasteiger partial charge in [0, 0.05) is 24.7 Å². The lowest BCUT2D eigenvalue weighted by molar-refractivity contribution is 0.244. The Bertz CT molecular complexity index is 921. The zero-order chi connectivity index (χ0) is 19.3. The third kappa shape index (κ3) is 4.25. The third-order valence-electron chi connectivity index (χ3n) is 4.69. The summed E-state index contributed by atoms with van der Waals surface area (Å²) in [5.41, 5.74) is 1.92. The van der Waals surface area contributed by atoms with E-state index >= 15 is 0 Å². The number of nitrogens with one attached hydrogen (secondary N) is 1. The standard InChI is InChI=1S/C23H26N4O/c1-17(2)28-20-13-7-6-12-19(20)24-21-16-22(27-14-8-9-15-27)26-23(25-21)18-10-4-3-5-11-18/h3-7,10-13,16-17H,8-9,14-15H2,1-2H3,(H,24,25,26). The predicted octanol–water partition coefficient (Wildman–Crippen LogP) is 5.27. The van der Waals surface area contributed by atoms with Crippen molar-refractivity contribution in [3.05, 3.63) is 60.7 Å². The Morgan fingerprint density at radius 1 is 0.929 bits per heavy atom. The van der Waals surface area contributed by atoms with Gasteiger partial charge in [-0.05, 0) is 38.8 Å². The number of hydrogen-bond donors (Lipinski definition) is 1. The van der Waals surface area contributed by atoms with E-state index in [0.717, 1.165) is 47.5 Å². The topological polar surface area (TPSA) is 50.3 Å². The lowest BCUT2D eigenvalue weighted by atomic mass is 10.2. The summed E-state index contributed by atoms with van der Waals surface area (Å²) < 4.78 is 5.95. The molecule has 5 heteroatoms. The molecule has 1 saturated heterocycles. The van der Waals surface area contributed by atoms with Crippen LogP contribution in [0.2, 0.25) is 0 Å². The molecule has 0 amide bonds. The molecule has 0 bridgehead atoms. The van der Waals surface area contributed by atoms with E-state index in [-0.39, 0.29) is 6.10 Å². The maximum absolute atomic E-state index is 5.95. The Balaban J connectivity index is 1.71. The van der Waals surface area contributed by atoms with Gasteiger partial charge in [0.1, 0.15) is 17.4 Å². The fourth-order valence-electron chi connectivity index (χ4n) is 3.39. The van der Waals surface area contributed by atoms with Crippen LogP contribution in [0.25, 0.3) is 11.4 Å². The van der Waals surface area contributed by atoms with Crippen LogP contribution in [0.4, 0.5) is 17.3 Å². The molecule has 1 N–H and O–H groups in total. The van der Waals surface area contributed by atoms with E-state index in [2.05, 4.69) is 10.2 Å². The van der Waals surface area contributed by atoms with Crippen molar-refractivity contribution in [3.63, 3.8) is 0 Å². The van der Waals surface area contributed by atoms with Crippen molar-refractivity contribution in [2.45, 2.75) is 32.8 Å². The number of rotatable bonds is 6. The highest BCUT2D eigenvalue weighted by molar-refractivity contribution is 5.68. The molecule has 0 saturated carbocycles. The molecule has 0 radical (unpaired) electrons. The van der Waals surface area contributed by atoms with Gasteiger partial charge in [-0.25, -0.2) is 9.97 Å². The Morgan fingerprint density at radius 2 is 1.64 bits per heavy atom. The SMILES string of the molecule is CC(C)Oc1ccccc1Nc1cc(N2CCCC2)nc(-c2ccccc2)n1. The van der Waals surface area contributed by atoms with E-state index in [0.29, 0.717) is 0 Å². The van der Waals surface area contributed by atoms with E-state index in [4.69, 9.17) is 14.7 Å². The molecule has 5 nitrogen and oxygen atoms in total. The second-order valence-electron chi connectivity index (χ2n) is 7.28. The molecule has 144 valence electrons. The summed E-state index contributed by atoms with van der Waals surface area (Å²) in [7, 11) is 0. The summed E-state index contributed by atoms with van der Waals surface area (Å²) >= 11 is 0. The molecule has 0 atom stereocenters. The first kappa shape index (κ1) is 18.3. The lowest BCUT2D eigenvalue weighted by Gasteiger charge is -2.19. The summed E-state index contributed by atoms with van der Waals surface area (Å²) in [5.74, 6) is 3.29. The molecule has 1 aromatic heterocycles. The van der Waals surface area contributed by atoms with E-state index < -0.39 is 0 Å². The van der Waals surface area contributed by atoms with Gasteiger partial charge in [-0.15, -0.1) is 0 Å². The van der Waals surface area contributed by atoms with Crippen molar-refractivity contribution >= 4 is 17.3 Å². The molecule has 1 aliphatic heterocycles. The van der Waals surface area contributed by atoms with Crippen LogP contribution in [0.15, 0.2) is 60.7 Å². The first-order valence-electron chi connectivity index (χ1n) is 9.91. The highest BCUT2D eigenvalue weighted by atomic mass is 16.5. The van der Waals surface area contributed by atoms with Gasteiger partial charge in [0.15, 0.2) is 5.82 Å². The minimum absolute atomic E-state index is 0.105. The number of benzene rings is 2. The number of anilines is 3. The molecule has 28 heavy (non-hydrogen) atoms. The minimum Gasteiger partial charge on any atom is -0.489 e. The fourth-order valence-corrected chi connectivity index (χ4v) is 3.39. The Hall–Kier alpha value is -3.08. The van der Waals surface area contributed by atoms with Gasteiger partial charge in [0.25, 0.3) is 0 Å². The molecule has 2 aromatic carbocycles. The van der Waals surface area contributed by atoms with Gasteiger partial charge >= 0.3 is 0 Å². The largest absolute Gasteiger partial charge is 0.489 e. The van der Waals surface area contributed by atoms with Crippen LogP contribution in [-0.2, 0) is 0 Å². The molecule has 0 aliphatic carbocycles. The van der Waals surface area contributed by atoms with E-state index in [9.17, 15) is 0 Å². The Kier molecular flexibility index (Phi) is 5.42. The average Bonchev–Trinajstić information content (AvgIpc) is 3.25. The molecule has 3 aromatic rings.